The molecule has 0 atom stereocenters. The van der Waals surface area contributed by atoms with Gasteiger partial charge in [0.2, 0.25) is 0 Å². The molecule has 0 amide bonds. The van der Waals surface area contributed by atoms with Crippen molar-refractivity contribution in [3.63, 3.8) is 0 Å². The standard InChI is InChI=1S/C14H11N3/c1-2-4-11(5-3-1)17-13-7-9-16-14-10-15-8-6-12(13)14/h1-10H,(H,16,17). The van der Waals surface area contributed by atoms with Gasteiger partial charge in [-0.25, -0.2) is 0 Å². The lowest BCUT2D eigenvalue weighted by molar-refractivity contribution is 1.31. The van der Waals surface area contributed by atoms with E-state index in [9.17, 15) is 0 Å². The third kappa shape index (κ3) is 1.95. The molecule has 0 saturated heterocycles. The average molecular weight is 221 g/mol. The molecule has 3 nitrogen and oxygen atoms in total. The summed E-state index contributed by atoms with van der Waals surface area (Å²) in [6.45, 7) is 0. The van der Waals surface area contributed by atoms with Gasteiger partial charge in [-0.2, -0.15) is 0 Å². The monoisotopic (exact) mass is 221 g/mol. The quantitative estimate of drug-likeness (QED) is 0.721. The fourth-order valence-corrected chi connectivity index (χ4v) is 1.78. The summed E-state index contributed by atoms with van der Waals surface area (Å²) in [5.41, 5.74) is 3.01. The maximum atomic E-state index is 4.28. The number of pyridine rings is 2. The van der Waals surface area contributed by atoms with Crippen LogP contribution in [0.25, 0.3) is 10.9 Å². The predicted molar refractivity (Wildman–Crippen MR) is 69.3 cm³/mol. The summed E-state index contributed by atoms with van der Waals surface area (Å²) < 4.78 is 0. The molecule has 3 aromatic rings. The molecule has 0 unspecified atom stereocenters. The third-order valence-corrected chi connectivity index (χ3v) is 2.60. The number of aromatic nitrogens is 2. The van der Waals surface area contributed by atoms with E-state index in [0.29, 0.717) is 0 Å². The summed E-state index contributed by atoms with van der Waals surface area (Å²) in [5.74, 6) is 0. The molecule has 0 aliphatic carbocycles. The van der Waals surface area contributed by atoms with Crippen LogP contribution in [-0.4, -0.2) is 9.97 Å². The smallest absolute Gasteiger partial charge is 0.0905 e. The van der Waals surface area contributed by atoms with Crippen LogP contribution in [0.3, 0.4) is 0 Å². The second-order valence-electron chi connectivity index (χ2n) is 3.74. The summed E-state index contributed by atoms with van der Waals surface area (Å²) in [6, 6.07) is 14.0. The Kier molecular flexibility index (Phi) is 2.43. The first-order valence-corrected chi connectivity index (χ1v) is 5.44. The Bertz CT molecular complexity index is 630. The molecule has 17 heavy (non-hydrogen) atoms. The van der Waals surface area contributed by atoms with Crippen LogP contribution in [0.4, 0.5) is 11.4 Å². The van der Waals surface area contributed by atoms with E-state index in [-0.39, 0.29) is 0 Å². The molecule has 0 fully saturated rings. The molecule has 2 heterocycles. The van der Waals surface area contributed by atoms with E-state index in [4.69, 9.17) is 0 Å². The molecule has 0 aliphatic heterocycles. The molecule has 3 rings (SSSR count). The van der Waals surface area contributed by atoms with Crippen LogP contribution in [0.15, 0.2) is 61.1 Å². The second-order valence-corrected chi connectivity index (χ2v) is 3.74. The lowest BCUT2D eigenvalue weighted by Gasteiger charge is -2.08. The van der Waals surface area contributed by atoms with Gasteiger partial charge in [0.15, 0.2) is 0 Å². The Hall–Kier alpha value is -2.42. The van der Waals surface area contributed by atoms with Crippen LogP contribution < -0.4 is 5.32 Å². The van der Waals surface area contributed by atoms with Crippen LogP contribution >= 0.6 is 0 Å². The van der Waals surface area contributed by atoms with Gasteiger partial charge >= 0.3 is 0 Å². The van der Waals surface area contributed by atoms with Gasteiger partial charge in [0.25, 0.3) is 0 Å². The molecule has 2 aromatic heterocycles. The number of hydrogen-bond acceptors (Lipinski definition) is 3. The molecular weight excluding hydrogens is 210 g/mol. The van der Waals surface area contributed by atoms with Crippen LogP contribution in [0.2, 0.25) is 0 Å². The number of hydrogen-bond donors (Lipinski definition) is 1. The van der Waals surface area contributed by atoms with E-state index in [1.54, 1.807) is 18.6 Å². The zero-order chi connectivity index (χ0) is 11.5. The van der Waals surface area contributed by atoms with Crippen LogP contribution in [-0.2, 0) is 0 Å². The van der Waals surface area contributed by atoms with Crippen LogP contribution in [0, 0.1) is 0 Å². The molecule has 1 aromatic carbocycles. The zero-order valence-corrected chi connectivity index (χ0v) is 9.17. The molecule has 0 spiro atoms. The van der Waals surface area contributed by atoms with Gasteiger partial charge in [0, 0.05) is 29.2 Å². The summed E-state index contributed by atoms with van der Waals surface area (Å²) in [5, 5.41) is 4.45. The normalized spacial score (nSPS) is 10.4. The summed E-state index contributed by atoms with van der Waals surface area (Å²) in [7, 11) is 0. The van der Waals surface area contributed by atoms with Crippen molar-refractivity contribution < 1.29 is 0 Å². The largest absolute Gasteiger partial charge is 0.355 e. The predicted octanol–water partition coefficient (Wildman–Crippen LogP) is 3.37. The van der Waals surface area contributed by atoms with Crippen molar-refractivity contribution in [3.05, 3.63) is 61.1 Å². The fourth-order valence-electron chi connectivity index (χ4n) is 1.78. The van der Waals surface area contributed by atoms with E-state index < -0.39 is 0 Å². The Morgan fingerprint density at radius 3 is 2.65 bits per heavy atom. The van der Waals surface area contributed by atoms with Gasteiger partial charge in [0.05, 0.1) is 11.7 Å². The first-order valence-electron chi connectivity index (χ1n) is 5.44. The Balaban J connectivity index is 2.06. The number of para-hydroxylation sites is 1. The van der Waals surface area contributed by atoms with Crippen molar-refractivity contribution in [2.75, 3.05) is 5.32 Å². The maximum Gasteiger partial charge on any atom is 0.0905 e. The highest BCUT2D eigenvalue weighted by atomic mass is 14.9. The molecule has 0 radical (unpaired) electrons. The topological polar surface area (TPSA) is 37.8 Å². The molecule has 0 saturated carbocycles. The van der Waals surface area contributed by atoms with Crippen molar-refractivity contribution in [1.82, 2.24) is 9.97 Å². The highest BCUT2D eigenvalue weighted by Gasteiger charge is 2.01. The van der Waals surface area contributed by atoms with Gasteiger partial charge in [0.1, 0.15) is 0 Å². The molecular formula is C14H11N3. The lowest BCUT2D eigenvalue weighted by Crippen LogP contribution is -1.92. The van der Waals surface area contributed by atoms with Crippen molar-refractivity contribution in [2.45, 2.75) is 0 Å². The molecule has 0 aliphatic rings. The van der Waals surface area contributed by atoms with E-state index >= 15 is 0 Å². The van der Waals surface area contributed by atoms with Crippen molar-refractivity contribution in [2.24, 2.45) is 0 Å². The van der Waals surface area contributed by atoms with Gasteiger partial charge in [-0.1, -0.05) is 18.2 Å². The maximum absolute atomic E-state index is 4.28. The van der Waals surface area contributed by atoms with Crippen LogP contribution in [0.1, 0.15) is 0 Å². The van der Waals surface area contributed by atoms with Gasteiger partial charge < -0.3 is 5.32 Å². The highest BCUT2D eigenvalue weighted by Crippen LogP contribution is 2.23. The summed E-state index contributed by atoms with van der Waals surface area (Å²) in [4.78, 5) is 8.35. The highest BCUT2D eigenvalue weighted by molar-refractivity contribution is 5.92. The van der Waals surface area contributed by atoms with E-state index in [0.717, 1.165) is 22.3 Å². The SMILES string of the molecule is c1ccc(Nc2ccnc3cnccc23)cc1. The first kappa shape index (κ1) is 9.78. The lowest BCUT2D eigenvalue weighted by atomic mass is 10.2. The first-order chi connectivity index (χ1) is 8.43. The third-order valence-electron chi connectivity index (χ3n) is 2.60. The Morgan fingerprint density at radius 1 is 0.882 bits per heavy atom. The van der Waals surface area contributed by atoms with Crippen molar-refractivity contribution in [1.29, 1.82) is 0 Å². The van der Waals surface area contributed by atoms with E-state index in [1.807, 2.05) is 42.5 Å². The van der Waals surface area contributed by atoms with E-state index in [1.165, 1.54) is 0 Å². The Labute approximate surface area is 99.2 Å². The second kappa shape index (κ2) is 4.22. The van der Waals surface area contributed by atoms with E-state index in [2.05, 4.69) is 15.3 Å². The summed E-state index contributed by atoms with van der Waals surface area (Å²) >= 11 is 0. The number of anilines is 2. The summed E-state index contributed by atoms with van der Waals surface area (Å²) in [6.07, 6.45) is 5.33. The van der Waals surface area contributed by atoms with Crippen molar-refractivity contribution in [3.8, 4) is 0 Å². The number of nitrogens with one attached hydrogen (secondary N) is 1. The minimum atomic E-state index is 0.897. The van der Waals surface area contributed by atoms with Crippen molar-refractivity contribution >= 4 is 22.3 Å². The average Bonchev–Trinajstić information content (AvgIpc) is 2.40. The fraction of sp³-hybridized carbons (Fsp3) is 0. The number of nitrogens with zero attached hydrogens (tertiary/aromatic N) is 2. The van der Waals surface area contributed by atoms with Gasteiger partial charge in [-0.15, -0.1) is 0 Å². The molecule has 0 bridgehead atoms. The molecule has 1 N–H and O–H groups in total. The van der Waals surface area contributed by atoms with Gasteiger partial charge in [-0.05, 0) is 24.3 Å². The van der Waals surface area contributed by atoms with Gasteiger partial charge in [-0.3, -0.25) is 9.97 Å². The Morgan fingerprint density at radius 2 is 1.76 bits per heavy atom. The molecule has 82 valence electrons. The minimum absolute atomic E-state index is 0.897. The number of fused-ring (bicyclic) bond motifs is 1. The van der Waals surface area contributed by atoms with Crippen LogP contribution in [0.5, 0.6) is 0 Å². The number of rotatable bonds is 2. The number of benzene rings is 1. The zero-order valence-electron chi connectivity index (χ0n) is 9.17. The minimum Gasteiger partial charge on any atom is -0.355 e. The molecule has 3 heteroatoms.